The molecule has 0 fully saturated rings. The zero-order valence-corrected chi connectivity index (χ0v) is 14.5. The molecule has 1 aromatic heterocycles. The van der Waals surface area contributed by atoms with Gasteiger partial charge in [-0.25, -0.2) is 4.98 Å². The van der Waals surface area contributed by atoms with Gasteiger partial charge in [0.15, 0.2) is 0 Å². The third-order valence-electron chi connectivity index (χ3n) is 3.15. The predicted molar refractivity (Wildman–Crippen MR) is 93.8 cm³/mol. The summed E-state index contributed by atoms with van der Waals surface area (Å²) in [5, 5.41) is 0. The molecule has 3 nitrogen and oxygen atoms in total. The quantitative estimate of drug-likeness (QED) is 0.528. The number of imidazole rings is 1. The minimum atomic E-state index is -1.53. The van der Waals surface area contributed by atoms with Crippen LogP contribution in [0.5, 0.6) is 5.75 Å². The number of halogens is 3. The number of nitrogens with one attached hydrogen (secondary N) is 1. The number of rotatable bonds is 6. The van der Waals surface area contributed by atoms with Crippen LogP contribution in [0.4, 0.5) is 0 Å². The molecule has 0 amide bonds. The lowest BCUT2D eigenvalue weighted by Gasteiger charge is -2.10. The highest BCUT2D eigenvalue weighted by atomic mass is 35.6. The fourth-order valence-corrected chi connectivity index (χ4v) is 2.23. The van der Waals surface area contributed by atoms with Gasteiger partial charge in [-0.2, -0.15) is 0 Å². The molecule has 1 aromatic carbocycles. The number of hydrogen-bond donors (Lipinski definition) is 1. The average Bonchev–Trinajstić information content (AvgIpc) is 2.97. The van der Waals surface area contributed by atoms with Crippen LogP contribution in [0.3, 0.4) is 0 Å². The Bertz CT molecular complexity index is 647. The molecule has 0 spiro atoms. The summed E-state index contributed by atoms with van der Waals surface area (Å²) in [6.45, 7) is 6.62. The van der Waals surface area contributed by atoms with Gasteiger partial charge >= 0.3 is 0 Å². The van der Waals surface area contributed by atoms with Crippen molar-refractivity contribution in [1.82, 2.24) is 9.97 Å². The van der Waals surface area contributed by atoms with Gasteiger partial charge in [0, 0.05) is 5.56 Å². The Labute approximate surface area is 145 Å². The van der Waals surface area contributed by atoms with Gasteiger partial charge in [0.05, 0.1) is 18.5 Å². The van der Waals surface area contributed by atoms with E-state index in [1.807, 2.05) is 18.2 Å². The van der Waals surface area contributed by atoms with Gasteiger partial charge in [0.25, 0.3) is 0 Å². The molecule has 1 heterocycles. The molecular weight excluding hydrogens is 343 g/mol. The van der Waals surface area contributed by atoms with E-state index in [2.05, 4.69) is 23.5 Å². The molecule has 22 heavy (non-hydrogen) atoms. The molecule has 0 bridgehead atoms. The van der Waals surface area contributed by atoms with Crippen LogP contribution in [0.25, 0.3) is 17.5 Å². The lowest BCUT2D eigenvalue weighted by Crippen LogP contribution is -2.00. The first-order chi connectivity index (χ1) is 10.5. The summed E-state index contributed by atoms with van der Waals surface area (Å²) in [5.74, 6) is 1.39. The highest BCUT2D eigenvalue weighted by Crippen LogP contribution is 2.38. The smallest absolute Gasteiger partial charge is 0.232 e. The molecule has 0 atom stereocenters. The molecule has 2 rings (SSSR count). The Morgan fingerprint density at radius 1 is 1.36 bits per heavy atom. The molecule has 0 saturated carbocycles. The number of alkyl halides is 3. The summed E-state index contributed by atoms with van der Waals surface area (Å²) in [5.41, 5.74) is 2.19. The van der Waals surface area contributed by atoms with E-state index in [9.17, 15) is 0 Å². The summed E-state index contributed by atoms with van der Waals surface area (Å²) in [6, 6.07) is 5.75. The Morgan fingerprint density at radius 2 is 2.14 bits per heavy atom. The van der Waals surface area contributed by atoms with Crippen LogP contribution in [0.2, 0.25) is 0 Å². The molecule has 0 aliphatic rings. The molecule has 0 aliphatic heterocycles. The van der Waals surface area contributed by atoms with Gasteiger partial charge in [0.1, 0.15) is 11.6 Å². The number of aromatic amines is 1. The van der Waals surface area contributed by atoms with E-state index in [1.54, 1.807) is 6.08 Å². The first kappa shape index (κ1) is 17.2. The zero-order valence-electron chi connectivity index (χ0n) is 12.2. The second-order valence-corrected chi connectivity index (χ2v) is 7.08. The predicted octanol–water partition coefficient (Wildman–Crippen LogP) is 5.73. The van der Waals surface area contributed by atoms with Gasteiger partial charge < -0.3 is 9.72 Å². The second kappa shape index (κ2) is 7.40. The maximum absolute atomic E-state index is 5.86. The highest BCUT2D eigenvalue weighted by Gasteiger charge is 2.25. The van der Waals surface area contributed by atoms with Crippen molar-refractivity contribution < 1.29 is 4.74 Å². The normalized spacial score (nSPS) is 11.5. The van der Waals surface area contributed by atoms with Gasteiger partial charge in [-0.05, 0) is 24.1 Å². The van der Waals surface area contributed by atoms with Crippen molar-refractivity contribution >= 4 is 40.9 Å². The van der Waals surface area contributed by atoms with Gasteiger partial charge in [0.2, 0.25) is 3.79 Å². The Balaban J connectivity index is 2.33. The fourth-order valence-electron chi connectivity index (χ4n) is 1.94. The van der Waals surface area contributed by atoms with Crippen molar-refractivity contribution in [2.45, 2.75) is 23.6 Å². The molecule has 0 aliphatic carbocycles. The van der Waals surface area contributed by atoms with Gasteiger partial charge in [-0.3, -0.25) is 0 Å². The minimum Gasteiger partial charge on any atom is -0.494 e. The van der Waals surface area contributed by atoms with Crippen LogP contribution in [0.15, 0.2) is 31.0 Å². The number of aromatic nitrogens is 2. The van der Waals surface area contributed by atoms with Crippen molar-refractivity contribution in [3.8, 4) is 17.1 Å². The SMILES string of the molecule is C=Cc1ccc(OCCCC)cc1-c1ncc(C(Cl)(Cl)Cl)[nH]1. The summed E-state index contributed by atoms with van der Waals surface area (Å²) in [7, 11) is 0. The fraction of sp³-hybridized carbons (Fsp3) is 0.312. The standard InChI is InChI=1S/C16H17Cl3N2O/c1-3-5-8-22-12-7-6-11(4-2)13(9-12)15-20-10-14(21-15)16(17,18)19/h4,6-7,9-10H,2-3,5,8H2,1H3,(H,20,21). The summed E-state index contributed by atoms with van der Waals surface area (Å²) in [6.07, 6.45) is 5.36. The van der Waals surface area contributed by atoms with Crippen molar-refractivity contribution in [1.29, 1.82) is 0 Å². The van der Waals surface area contributed by atoms with E-state index in [4.69, 9.17) is 39.5 Å². The maximum Gasteiger partial charge on any atom is 0.232 e. The molecule has 1 N–H and O–H groups in total. The zero-order chi connectivity index (χ0) is 16.2. The summed E-state index contributed by atoms with van der Waals surface area (Å²) >= 11 is 17.6. The number of nitrogens with zero attached hydrogens (tertiary/aromatic N) is 1. The van der Waals surface area contributed by atoms with E-state index in [0.29, 0.717) is 18.1 Å². The van der Waals surface area contributed by atoms with Crippen LogP contribution in [0.1, 0.15) is 31.0 Å². The highest BCUT2D eigenvalue weighted by molar-refractivity contribution is 6.66. The number of unbranched alkanes of at least 4 members (excludes halogenated alkanes) is 1. The van der Waals surface area contributed by atoms with E-state index in [-0.39, 0.29) is 0 Å². The maximum atomic E-state index is 5.86. The topological polar surface area (TPSA) is 37.9 Å². The summed E-state index contributed by atoms with van der Waals surface area (Å²) < 4.78 is 4.20. The average molecular weight is 360 g/mol. The monoisotopic (exact) mass is 358 g/mol. The van der Waals surface area contributed by atoms with Gasteiger partial charge in [-0.1, -0.05) is 66.9 Å². The van der Waals surface area contributed by atoms with Crippen molar-refractivity contribution in [2.24, 2.45) is 0 Å². The van der Waals surface area contributed by atoms with E-state index >= 15 is 0 Å². The van der Waals surface area contributed by atoms with Crippen LogP contribution in [-0.2, 0) is 3.79 Å². The molecule has 6 heteroatoms. The van der Waals surface area contributed by atoms with Crippen LogP contribution in [0, 0.1) is 0 Å². The van der Waals surface area contributed by atoms with Crippen molar-refractivity contribution in [3.05, 3.63) is 42.2 Å². The molecule has 0 saturated heterocycles. The van der Waals surface area contributed by atoms with E-state index in [0.717, 1.165) is 29.7 Å². The molecular formula is C16H17Cl3N2O. The summed E-state index contributed by atoms with van der Waals surface area (Å²) in [4.78, 5) is 7.32. The van der Waals surface area contributed by atoms with Crippen LogP contribution in [-0.4, -0.2) is 16.6 Å². The molecule has 0 unspecified atom stereocenters. The molecule has 0 radical (unpaired) electrons. The Kier molecular flexibility index (Phi) is 5.79. The first-order valence-corrected chi connectivity index (χ1v) is 8.11. The van der Waals surface area contributed by atoms with Crippen LogP contribution >= 0.6 is 34.8 Å². The van der Waals surface area contributed by atoms with Crippen molar-refractivity contribution in [3.63, 3.8) is 0 Å². The second-order valence-electron chi connectivity index (χ2n) is 4.80. The van der Waals surface area contributed by atoms with Crippen molar-refractivity contribution in [2.75, 3.05) is 6.61 Å². The van der Waals surface area contributed by atoms with Crippen LogP contribution < -0.4 is 4.74 Å². The first-order valence-electron chi connectivity index (χ1n) is 6.97. The van der Waals surface area contributed by atoms with Gasteiger partial charge in [-0.15, -0.1) is 0 Å². The minimum absolute atomic E-state index is 0.416. The third kappa shape index (κ3) is 4.19. The largest absolute Gasteiger partial charge is 0.494 e. The van der Waals surface area contributed by atoms with E-state index in [1.165, 1.54) is 6.20 Å². The van der Waals surface area contributed by atoms with E-state index < -0.39 is 3.79 Å². The lowest BCUT2D eigenvalue weighted by molar-refractivity contribution is 0.309. The lowest BCUT2D eigenvalue weighted by atomic mass is 10.1. The molecule has 2 aromatic rings. The number of H-pyrrole nitrogens is 1. The number of benzene rings is 1. The molecule has 118 valence electrons. The third-order valence-corrected chi connectivity index (χ3v) is 3.76. The number of hydrogen-bond acceptors (Lipinski definition) is 2. The Hall–Kier alpha value is -1.16. The number of ether oxygens (including phenoxy) is 1. The Morgan fingerprint density at radius 3 is 2.73 bits per heavy atom.